The predicted molar refractivity (Wildman–Crippen MR) is 142 cm³/mol. The van der Waals surface area contributed by atoms with Crippen molar-refractivity contribution in [3.63, 3.8) is 0 Å². The first kappa shape index (κ1) is 25.6. The van der Waals surface area contributed by atoms with Gasteiger partial charge >= 0.3 is 0 Å². The fourth-order valence-electron chi connectivity index (χ4n) is 10.4. The highest BCUT2D eigenvalue weighted by Gasteiger charge is 2.70. The van der Waals surface area contributed by atoms with Crippen LogP contribution in [0.3, 0.4) is 0 Å². The molecule has 3 saturated carbocycles. The smallest absolute Gasteiger partial charge is 0.178 e. The van der Waals surface area contributed by atoms with Gasteiger partial charge in [-0.05, 0) is 89.5 Å². The second-order valence-electron chi connectivity index (χ2n) is 15.1. The topological polar surface area (TPSA) is 102 Å². The summed E-state index contributed by atoms with van der Waals surface area (Å²) in [6.45, 7) is 15.6. The molecule has 1 aromatic rings. The Labute approximate surface area is 226 Å². The van der Waals surface area contributed by atoms with E-state index in [-0.39, 0.29) is 56.7 Å². The van der Waals surface area contributed by atoms with Crippen molar-refractivity contribution in [3.05, 3.63) is 29.6 Å². The first-order valence-corrected chi connectivity index (χ1v) is 14.3. The standard InChI is InChI=1S/C31H41N5O2/c1-26(2)10-12-31(36-18-33-34-35-36)13-11-30(7)24(20(31)16-26)21(37)14-23-28(5)15-19(17-32)25(38)27(3,4)22(28)8-9-29(23,30)6/h14-15,18,20,22,24H,8-13,16H2,1-7H3/t20-,22-,24-,28-,29+,30+,31-/m0/s1. The van der Waals surface area contributed by atoms with Crippen LogP contribution in [0.5, 0.6) is 0 Å². The van der Waals surface area contributed by atoms with Crippen molar-refractivity contribution in [1.29, 1.82) is 5.26 Å². The maximum absolute atomic E-state index is 14.5. The summed E-state index contributed by atoms with van der Waals surface area (Å²) in [6.07, 6.45) is 12.4. The first-order chi connectivity index (χ1) is 17.7. The number of carbonyl (C=O) groups is 2. The van der Waals surface area contributed by atoms with Gasteiger partial charge in [0.1, 0.15) is 12.4 Å². The average Bonchev–Trinajstić information content (AvgIpc) is 3.38. The van der Waals surface area contributed by atoms with Crippen LogP contribution in [0.1, 0.15) is 93.4 Å². The Bertz CT molecular complexity index is 1330. The maximum atomic E-state index is 14.5. The molecule has 0 N–H and O–H groups in total. The quantitative estimate of drug-likeness (QED) is 0.482. The monoisotopic (exact) mass is 515 g/mol. The second-order valence-corrected chi connectivity index (χ2v) is 15.1. The normalized spacial score (nSPS) is 44.9. The second kappa shape index (κ2) is 7.52. The minimum absolute atomic E-state index is 0.0596. The molecule has 38 heavy (non-hydrogen) atoms. The fraction of sp³-hybridized carbons (Fsp3) is 0.742. The van der Waals surface area contributed by atoms with Gasteiger partial charge in [-0.15, -0.1) is 5.10 Å². The summed E-state index contributed by atoms with van der Waals surface area (Å²) in [7, 11) is 0. The lowest BCUT2D eigenvalue weighted by atomic mass is 9.35. The third kappa shape index (κ3) is 2.93. The number of ketones is 2. The van der Waals surface area contributed by atoms with E-state index in [0.717, 1.165) is 50.5 Å². The molecular weight excluding hydrogens is 474 g/mol. The molecule has 7 heteroatoms. The Morgan fingerprint density at radius 3 is 2.37 bits per heavy atom. The van der Waals surface area contributed by atoms with Gasteiger partial charge in [0.25, 0.3) is 0 Å². The Kier molecular flexibility index (Phi) is 5.07. The summed E-state index contributed by atoms with van der Waals surface area (Å²) in [5.74, 6) is 0.237. The highest BCUT2D eigenvalue weighted by atomic mass is 16.1. The van der Waals surface area contributed by atoms with Crippen LogP contribution in [0, 0.1) is 56.2 Å². The molecule has 0 aliphatic heterocycles. The molecule has 0 bridgehead atoms. The summed E-state index contributed by atoms with van der Waals surface area (Å²) >= 11 is 0. The lowest BCUT2D eigenvalue weighted by molar-refractivity contribution is -0.169. The van der Waals surface area contributed by atoms with Gasteiger partial charge in [-0.2, -0.15) is 5.26 Å². The molecule has 0 saturated heterocycles. The van der Waals surface area contributed by atoms with Crippen molar-refractivity contribution in [2.45, 2.75) is 99.0 Å². The number of carbonyl (C=O) groups excluding carboxylic acids is 2. The number of Topliss-reactive ketones (excluding diaryl/α,β-unsaturated/α-hetero) is 1. The van der Waals surface area contributed by atoms with E-state index >= 15 is 0 Å². The van der Waals surface area contributed by atoms with E-state index in [9.17, 15) is 14.9 Å². The van der Waals surface area contributed by atoms with Crippen molar-refractivity contribution < 1.29 is 9.59 Å². The molecule has 0 amide bonds. The Morgan fingerprint density at radius 1 is 1.00 bits per heavy atom. The van der Waals surface area contributed by atoms with Crippen molar-refractivity contribution >= 4 is 11.6 Å². The van der Waals surface area contributed by atoms with Gasteiger partial charge in [-0.3, -0.25) is 9.59 Å². The van der Waals surface area contributed by atoms with E-state index in [4.69, 9.17) is 0 Å². The number of hydrogen-bond donors (Lipinski definition) is 0. The van der Waals surface area contributed by atoms with E-state index in [0.29, 0.717) is 0 Å². The molecule has 0 aromatic carbocycles. The minimum Gasteiger partial charge on any atom is -0.295 e. The van der Waals surface area contributed by atoms with Crippen LogP contribution in [0.4, 0.5) is 0 Å². The van der Waals surface area contributed by atoms with Crippen molar-refractivity contribution in [1.82, 2.24) is 20.2 Å². The molecule has 5 aliphatic rings. The van der Waals surface area contributed by atoms with Gasteiger partial charge in [0.2, 0.25) is 0 Å². The SMILES string of the molecule is CC1(C)CC[C@]2(n3cnnn3)CC[C@]3(C)[C@H](C(=O)C=C4[C@@]5(C)C=C(C#N)C(=O)C(C)(C)[C@@H]5CC[C@]43C)[C@@H]2C1. The highest BCUT2D eigenvalue weighted by molar-refractivity contribution is 6.04. The van der Waals surface area contributed by atoms with Crippen molar-refractivity contribution in [2.24, 2.45) is 44.8 Å². The van der Waals surface area contributed by atoms with Crippen LogP contribution in [-0.4, -0.2) is 31.8 Å². The van der Waals surface area contributed by atoms with Crippen LogP contribution in [-0.2, 0) is 15.1 Å². The number of rotatable bonds is 1. The molecule has 0 spiro atoms. The fourth-order valence-corrected chi connectivity index (χ4v) is 10.4. The summed E-state index contributed by atoms with van der Waals surface area (Å²) in [4.78, 5) is 27.8. The van der Waals surface area contributed by atoms with E-state index in [1.807, 2.05) is 30.7 Å². The molecule has 6 rings (SSSR count). The van der Waals surface area contributed by atoms with Gasteiger partial charge in [0, 0.05) is 16.7 Å². The lowest BCUT2D eigenvalue weighted by Crippen LogP contribution is -2.66. The van der Waals surface area contributed by atoms with Crippen LogP contribution >= 0.6 is 0 Å². The largest absolute Gasteiger partial charge is 0.295 e. The minimum atomic E-state index is -0.646. The first-order valence-electron chi connectivity index (χ1n) is 14.3. The summed E-state index contributed by atoms with van der Waals surface area (Å²) < 4.78 is 1.98. The zero-order valence-corrected chi connectivity index (χ0v) is 24.0. The zero-order chi connectivity index (χ0) is 27.5. The molecule has 7 atom stereocenters. The molecule has 7 nitrogen and oxygen atoms in total. The van der Waals surface area contributed by atoms with Gasteiger partial charge in [-0.25, -0.2) is 4.68 Å². The van der Waals surface area contributed by atoms with Gasteiger partial charge in [0.05, 0.1) is 11.1 Å². The van der Waals surface area contributed by atoms with Crippen molar-refractivity contribution in [2.75, 3.05) is 0 Å². The number of nitriles is 1. The number of aromatic nitrogens is 4. The summed E-state index contributed by atoms with van der Waals surface area (Å²) in [5, 5.41) is 22.3. The van der Waals surface area contributed by atoms with E-state index in [1.54, 1.807) is 6.33 Å². The molecule has 0 unspecified atom stereocenters. The molecule has 1 heterocycles. The summed E-state index contributed by atoms with van der Waals surface area (Å²) in [5.41, 5.74) is -0.301. The average molecular weight is 516 g/mol. The van der Waals surface area contributed by atoms with E-state index in [2.05, 4.69) is 56.2 Å². The number of fused-ring (bicyclic) bond motifs is 7. The molecule has 1 aromatic heterocycles. The van der Waals surface area contributed by atoms with Crippen LogP contribution in [0.25, 0.3) is 0 Å². The highest BCUT2D eigenvalue weighted by Crippen LogP contribution is 2.74. The van der Waals surface area contributed by atoms with Crippen LogP contribution in [0.15, 0.2) is 29.6 Å². The number of nitrogens with zero attached hydrogens (tertiary/aromatic N) is 5. The molecule has 3 fully saturated rings. The Morgan fingerprint density at radius 2 is 1.71 bits per heavy atom. The van der Waals surface area contributed by atoms with Crippen LogP contribution in [0.2, 0.25) is 0 Å². The number of allylic oxidation sites excluding steroid dienone is 4. The molecular formula is C31H41N5O2. The molecule has 0 radical (unpaired) electrons. The number of tetrazole rings is 1. The Hall–Kier alpha value is -2.62. The Balaban J connectivity index is 1.54. The van der Waals surface area contributed by atoms with Gasteiger partial charge < -0.3 is 0 Å². The van der Waals surface area contributed by atoms with Gasteiger partial charge in [0.15, 0.2) is 11.6 Å². The van der Waals surface area contributed by atoms with Crippen LogP contribution < -0.4 is 0 Å². The lowest BCUT2D eigenvalue weighted by Gasteiger charge is -2.69. The zero-order valence-electron chi connectivity index (χ0n) is 24.0. The van der Waals surface area contributed by atoms with E-state index in [1.165, 1.54) is 0 Å². The maximum Gasteiger partial charge on any atom is 0.178 e. The third-order valence-electron chi connectivity index (χ3n) is 12.6. The third-order valence-corrected chi connectivity index (χ3v) is 12.6. The van der Waals surface area contributed by atoms with E-state index < -0.39 is 10.8 Å². The number of hydrogen-bond acceptors (Lipinski definition) is 6. The molecule has 202 valence electrons. The predicted octanol–water partition coefficient (Wildman–Crippen LogP) is 5.60. The van der Waals surface area contributed by atoms with Crippen molar-refractivity contribution in [3.8, 4) is 6.07 Å². The summed E-state index contributed by atoms with van der Waals surface area (Å²) in [6, 6.07) is 2.20. The molecule has 5 aliphatic carbocycles. The van der Waals surface area contributed by atoms with Gasteiger partial charge in [-0.1, -0.05) is 60.1 Å².